The molecule has 0 fully saturated rings. The van der Waals surface area contributed by atoms with E-state index in [1.54, 1.807) is 30.0 Å². The molecule has 0 unspecified atom stereocenters. The van der Waals surface area contributed by atoms with E-state index in [1.807, 2.05) is 42.2 Å². The maximum Gasteiger partial charge on any atom is 0.417 e. The summed E-state index contributed by atoms with van der Waals surface area (Å²) in [6.45, 7) is 9.95. The van der Waals surface area contributed by atoms with Crippen LogP contribution in [0.3, 0.4) is 0 Å². The molecule has 0 aromatic heterocycles. The quantitative estimate of drug-likeness (QED) is 0.111. The molecule has 0 atom stereocenters. The van der Waals surface area contributed by atoms with Crippen molar-refractivity contribution >= 4 is 40.4 Å². The highest BCUT2D eigenvalue weighted by molar-refractivity contribution is 8.13. The first-order valence-corrected chi connectivity index (χ1v) is 15.9. The fourth-order valence-corrected chi connectivity index (χ4v) is 5.02. The van der Waals surface area contributed by atoms with Crippen molar-refractivity contribution in [2.75, 3.05) is 29.5 Å². The number of hydrogen-bond donors (Lipinski definition) is 3. The Morgan fingerprint density at radius 3 is 2.20 bits per heavy atom. The second kappa shape index (κ2) is 20.0. The lowest BCUT2D eigenvalue weighted by Crippen LogP contribution is -2.76. The molecule has 2 aromatic rings. The van der Waals surface area contributed by atoms with Gasteiger partial charge in [-0.1, -0.05) is 83.6 Å². The van der Waals surface area contributed by atoms with Crippen LogP contribution >= 0.6 is 11.8 Å². The first-order valence-electron chi connectivity index (χ1n) is 14.9. The number of amidine groups is 1. The van der Waals surface area contributed by atoms with Crippen LogP contribution in [-0.4, -0.2) is 41.0 Å². The van der Waals surface area contributed by atoms with E-state index in [2.05, 4.69) is 36.4 Å². The van der Waals surface area contributed by atoms with Gasteiger partial charge in [0.15, 0.2) is 0 Å². The third kappa shape index (κ3) is 12.9. The minimum absolute atomic E-state index is 0.174. The molecule has 0 spiro atoms. The summed E-state index contributed by atoms with van der Waals surface area (Å²) in [6.07, 6.45) is 11.1. The van der Waals surface area contributed by atoms with Crippen LogP contribution in [0.4, 0.5) is 21.0 Å². The average Bonchev–Trinajstić information content (AvgIpc) is 2.94. The van der Waals surface area contributed by atoms with Gasteiger partial charge in [-0.3, -0.25) is 15.6 Å². The number of amides is 3. The molecular formula is C32H49N4O3S+. The standard InChI is InChI=1S/C32H48N4O3S/c1-5-8-10-12-17-23-33-31(40-7-3)36(24-18-13-11-9-6-2)30(37)34-27-22-21-26(4)29(25-27)35-32(38)39-28-19-15-14-16-20-28/h14-16,19-22,25H,5-13,17-18,23-24H2,1-4H3,(H,34,37)(H,35,38)/p+1. The first-order chi connectivity index (χ1) is 19.5. The van der Waals surface area contributed by atoms with Crippen LogP contribution in [0.2, 0.25) is 0 Å². The van der Waals surface area contributed by atoms with Gasteiger partial charge in [0.1, 0.15) is 5.75 Å². The van der Waals surface area contributed by atoms with Gasteiger partial charge >= 0.3 is 17.3 Å². The molecule has 0 saturated carbocycles. The number of nitrogens with zero attached hydrogens (tertiary/aromatic N) is 1. The minimum atomic E-state index is -0.579. The molecule has 7 nitrogen and oxygen atoms in total. The van der Waals surface area contributed by atoms with E-state index < -0.39 is 6.09 Å². The van der Waals surface area contributed by atoms with Gasteiger partial charge in [-0.2, -0.15) is 4.90 Å². The Bertz CT molecular complexity index is 1050. The number of aryl methyl sites for hydroxylation is 1. The Morgan fingerprint density at radius 1 is 0.850 bits per heavy atom. The topological polar surface area (TPSA) is 84.6 Å². The highest BCUT2D eigenvalue weighted by atomic mass is 32.2. The van der Waals surface area contributed by atoms with Gasteiger partial charge < -0.3 is 4.74 Å². The maximum absolute atomic E-state index is 13.6. The van der Waals surface area contributed by atoms with E-state index in [9.17, 15) is 9.59 Å². The lowest BCUT2D eigenvalue weighted by molar-refractivity contribution is -0.459. The molecule has 3 amide bonds. The minimum Gasteiger partial charge on any atom is -0.410 e. The summed E-state index contributed by atoms with van der Waals surface area (Å²) in [5.74, 6) is 1.34. The van der Waals surface area contributed by atoms with Crippen molar-refractivity contribution in [2.45, 2.75) is 91.9 Å². The van der Waals surface area contributed by atoms with Crippen molar-refractivity contribution < 1.29 is 19.3 Å². The number of unbranched alkanes of at least 4 members (excludes halogenated alkanes) is 8. The number of thioether (sulfide) groups is 1. The zero-order valence-electron chi connectivity index (χ0n) is 24.9. The van der Waals surface area contributed by atoms with E-state index in [4.69, 9.17) is 4.74 Å². The molecule has 220 valence electrons. The second-order valence-corrected chi connectivity index (χ2v) is 11.2. The third-order valence-corrected chi connectivity index (χ3v) is 7.42. The first kappa shape index (κ1) is 33.2. The molecule has 0 aliphatic carbocycles. The van der Waals surface area contributed by atoms with Gasteiger partial charge in [0.05, 0.1) is 13.1 Å². The lowest BCUT2D eigenvalue weighted by atomic mass is 10.1. The van der Waals surface area contributed by atoms with Gasteiger partial charge in [0.2, 0.25) is 0 Å². The van der Waals surface area contributed by atoms with Crippen LogP contribution in [0.5, 0.6) is 5.75 Å². The van der Waals surface area contributed by atoms with E-state index in [1.165, 1.54) is 44.9 Å². The summed E-state index contributed by atoms with van der Waals surface area (Å²) in [6, 6.07) is 14.3. The summed E-state index contributed by atoms with van der Waals surface area (Å²) in [5.41, 5.74) is 2.07. The highest BCUT2D eigenvalue weighted by Crippen LogP contribution is 2.22. The summed E-state index contributed by atoms with van der Waals surface area (Å²) in [4.78, 5) is 31.5. The van der Waals surface area contributed by atoms with Gasteiger partial charge in [-0.25, -0.2) is 9.59 Å². The zero-order valence-corrected chi connectivity index (χ0v) is 25.7. The largest absolute Gasteiger partial charge is 0.417 e. The fraction of sp³-hybridized carbons (Fsp3) is 0.531. The number of carbonyl (C=O) groups excluding carboxylic acids is 2. The summed E-state index contributed by atoms with van der Waals surface area (Å²) >= 11 is 1.67. The number of urea groups is 1. The van der Waals surface area contributed by atoms with Crippen LogP contribution < -0.4 is 20.4 Å². The summed E-state index contributed by atoms with van der Waals surface area (Å²) < 4.78 is 5.37. The predicted octanol–water partition coefficient (Wildman–Crippen LogP) is 7.57. The second-order valence-electron chi connectivity index (χ2n) is 9.93. The van der Waals surface area contributed by atoms with Gasteiger partial charge in [-0.15, -0.1) is 0 Å². The van der Waals surface area contributed by atoms with Gasteiger partial charge in [0.25, 0.3) is 0 Å². The Balaban J connectivity index is 2.12. The Morgan fingerprint density at radius 2 is 1.52 bits per heavy atom. The molecule has 0 bridgehead atoms. The van der Waals surface area contributed by atoms with Crippen LogP contribution in [0, 0.1) is 6.92 Å². The highest BCUT2D eigenvalue weighted by Gasteiger charge is 2.27. The number of carbonyl (C=O) groups is 2. The zero-order chi connectivity index (χ0) is 29.0. The number of para-hydroxylation sites is 1. The number of benzene rings is 2. The Kier molecular flexibility index (Phi) is 16.6. The Hall–Kier alpha value is -3.00. The van der Waals surface area contributed by atoms with Gasteiger partial charge in [-0.05, 0) is 74.2 Å². The van der Waals surface area contributed by atoms with E-state index in [0.717, 1.165) is 42.3 Å². The van der Waals surface area contributed by atoms with Crippen molar-refractivity contribution in [1.29, 1.82) is 0 Å². The van der Waals surface area contributed by atoms with Crippen molar-refractivity contribution in [3.63, 3.8) is 0 Å². The summed E-state index contributed by atoms with van der Waals surface area (Å²) in [5, 5.41) is 6.77. The van der Waals surface area contributed by atoms with Crippen LogP contribution in [-0.2, 0) is 0 Å². The predicted molar refractivity (Wildman–Crippen MR) is 169 cm³/mol. The van der Waals surface area contributed by atoms with Crippen molar-refractivity contribution in [2.24, 2.45) is 0 Å². The average molecular weight is 570 g/mol. The molecule has 0 heterocycles. The number of nitrogens with one attached hydrogen (secondary N) is 3. The monoisotopic (exact) mass is 569 g/mol. The summed E-state index contributed by atoms with van der Waals surface area (Å²) in [7, 11) is 0. The smallest absolute Gasteiger partial charge is 0.410 e. The van der Waals surface area contributed by atoms with E-state index in [-0.39, 0.29) is 6.03 Å². The molecule has 0 aliphatic rings. The van der Waals surface area contributed by atoms with Crippen LogP contribution in [0.25, 0.3) is 0 Å². The number of rotatable bonds is 16. The molecule has 40 heavy (non-hydrogen) atoms. The number of hydrogen-bond acceptors (Lipinski definition) is 4. The van der Waals surface area contributed by atoms with Crippen molar-refractivity contribution in [3.8, 4) is 5.75 Å². The SMILES string of the molecule is CCCCCCC[NH+]=C(SCC)N(CCCCCCC)C(=O)Nc1ccc(C)c(NC(=O)Oc2ccccc2)c1. The molecule has 0 radical (unpaired) electrons. The van der Waals surface area contributed by atoms with Gasteiger partial charge in [0, 0.05) is 17.1 Å². The Labute approximate surface area is 245 Å². The third-order valence-electron chi connectivity index (χ3n) is 6.49. The van der Waals surface area contributed by atoms with Crippen LogP contribution in [0.15, 0.2) is 48.5 Å². The lowest BCUT2D eigenvalue weighted by Gasteiger charge is -2.18. The molecule has 8 heteroatoms. The maximum atomic E-state index is 13.6. The molecule has 0 saturated heterocycles. The molecule has 0 aliphatic heterocycles. The molecule has 3 N–H and O–H groups in total. The van der Waals surface area contributed by atoms with Crippen LogP contribution in [0.1, 0.15) is 90.5 Å². The molecule has 2 rings (SSSR count). The fourth-order valence-electron chi connectivity index (χ4n) is 4.21. The van der Waals surface area contributed by atoms with E-state index >= 15 is 0 Å². The molecular weight excluding hydrogens is 520 g/mol. The number of ether oxygens (including phenoxy) is 1. The number of anilines is 2. The van der Waals surface area contributed by atoms with Crippen molar-refractivity contribution in [1.82, 2.24) is 4.90 Å². The normalized spacial score (nSPS) is 11.2. The van der Waals surface area contributed by atoms with Crippen molar-refractivity contribution in [3.05, 3.63) is 54.1 Å². The van der Waals surface area contributed by atoms with E-state index in [0.29, 0.717) is 23.7 Å². The molecule has 2 aromatic carbocycles.